The number of sulfonamides is 1. The van der Waals surface area contributed by atoms with Gasteiger partial charge in [0, 0.05) is 5.02 Å². The molecule has 0 atom stereocenters. The van der Waals surface area contributed by atoms with Crippen molar-refractivity contribution in [2.24, 2.45) is 0 Å². The molecule has 0 bridgehead atoms. The molecule has 10 heteroatoms. The molecule has 0 heterocycles. The summed E-state index contributed by atoms with van der Waals surface area (Å²) in [7, 11) is -4.10. The molecule has 7 nitrogen and oxygen atoms in total. The molecule has 1 amide bonds. The smallest absolute Gasteiger partial charge is 0.338 e. The molecule has 0 saturated heterocycles. The van der Waals surface area contributed by atoms with E-state index < -0.39 is 28.4 Å². The van der Waals surface area contributed by atoms with Crippen molar-refractivity contribution in [3.8, 4) is 0 Å². The normalized spacial score (nSPS) is 11.1. The number of nitrogens with zero attached hydrogens (tertiary/aromatic N) is 1. The van der Waals surface area contributed by atoms with E-state index in [1.54, 1.807) is 50.2 Å². The molecule has 0 aliphatic heterocycles. The van der Waals surface area contributed by atoms with Crippen LogP contribution in [0.1, 0.15) is 22.8 Å². The van der Waals surface area contributed by atoms with Gasteiger partial charge in [-0.2, -0.15) is 0 Å². The zero-order chi connectivity index (χ0) is 24.9. The maximum absolute atomic E-state index is 13.5. The standard InChI is InChI=1S/C24H22Cl2N2O5S/c1-3-33-24(30)17-12-13-21(20(26)14-17)27-23(29)15-28(22-11-7-10-19(25)16(22)2)34(31,32)18-8-5-4-6-9-18/h4-14H,3,15H2,1-2H3,(H,27,29). The van der Waals surface area contributed by atoms with E-state index in [9.17, 15) is 18.0 Å². The average molecular weight is 521 g/mol. The van der Waals surface area contributed by atoms with E-state index in [1.807, 2.05) is 0 Å². The Labute approximate surface area is 208 Å². The van der Waals surface area contributed by atoms with Gasteiger partial charge < -0.3 is 10.1 Å². The van der Waals surface area contributed by atoms with Crippen LogP contribution in [0.15, 0.2) is 71.6 Å². The summed E-state index contributed by atoms with van der Waals surface area (Å²) in [6.07, 6.45) is 0. The first-order valence-electron chi connectivity index (χ1n) is 10.2. The van der Waals surface area contributed by atoms with Gasteiger partial charge in [0.1, 0.15) is 6.54 Å². The highest BCUT2D eigenvalue weighted by molar-refractivity contribution is 7.92. The summed E-state index contributed by atoms with van der Waals surface area (Å²) in [5.41, 5.74) is 1.23. The van der Waals surface area contributed by atoms with Crippen molar-refractivity contribution in [2.75, 3.05) is 22.8 Å². The summed E-state index contributed by atoms with van der Waals surface area (Å²) in [5.74, 6) is -1.18. The third-order valence-corrected chi connectivity index (χ3v) is 7.38. The molecule has 0 radical (unpaired) electrons. The molecule has 3 aromatic rings. The summed E-state index contributed by atoms with van der Waals surface area (Å²) < 4.78 is 32.9. The fraction of sp³-hybridized carbons (Fsp3) is 0.167. The van der Waals surface area contributed by atoms with Gasteiger partial charge in [0.15, 0.2) is 0 Å². The number of amides is 1. The summed E-state index contributed by atoms with van der Waals surface area (Å²) >= 11 is 12.5. The predicted octanol–water partition coefficient (Wildman–Crippen LogP) is 5.31. The number of anilines is 2. The third kappa shape index (κ3) is 5.70. The molecule has 0 aliphatic rings. The van der Waals surface area contributed by atoms with Gasteiger partial charge >= 0.3 is 5.97 Å². The van der Waals surface area contributed by atoms with Crippen molar-refractivity contribution < 1.29 is 22.7 Å². The summed E-state index contributed by atoms with van der Waals surface area (Å²) in [5, 5.41) is 3.08. The second-order valence-electron chi connectivity index (χ2n) is 7.17. The number of benzene rings is 3. The predicted molar refractivity (Wildman–Crippen MR) is 133 cm³/mol. The topological polar surface area (TPSA) is 92.8 Å². The van der Waals surface area contributed by atoms with Crippen LogP contribution in [0.25, 0.3) is 0 Å². The van der Waals surface area contributed by atoms with Crippen molar-refractivity contribution in [3.63, 3.8) is 0 Å². The highest BCUT2D eigenvalue weighted by Crippen LogP contribution is 2.31. The van der Waals surface area contributed by atoms with E-state index in [0.717, 1.165) is 4.31 Å². The van der Waals surface area contributed by atoms with Crippen LogP contribution in [0.5, 0.6) is 0 Å². The summed E-state index contributed by atoms with van der Waals surface area (Å²) in [6, 6.07) is 16.9. The molecule has 0 saturated carbocycles. The molecule has 0 spiro atoms. The van der Waals surface area contributed by atoms with Crippen molar-refractivity contribution in [3.05, 3.63) is 87.9 Å². The molecule has 178 valence electrons. The van der Waals surface area contributed by atoms with Crippen molar-refractivity contribution in [1.82, 2.24) is 0 Å². The van der Waals surface area contributed by atoms with Crippen LogP contribution >= 0.6 is 23.2 Å². The minimum Gasteiger partial charge on any atom is -0.462 e. The first-order chi connectivity index (χ1) is 16.1. The Morgan fingerprint density at radius 2 is 1.68 bits per heavy atom. The number of ether oxygens (including phenoxy) is 1. The lowest BCUT2D eigenvalue weighted by atomic mass is 10.2. The minimum atomic E-state index is -4.10. The van der Waals surface area contributed by atoms with E-state index >= 15 is 0 Å². The fourth-order valence-corrected chi connectivity index (χ4v) is 5.06. The van der Waals surface area contributed by atoms with E-state index in [4.69, 9.17) is 27.9 Å². The van der Waals surface area contributed by atoms with E-state index in [-0.39, 0.29) is 33.5 Å². The van der Waals surface area contributed by atoms with Gasteiger partial charge in [0.25, 0.3) is 10.0 Å². The van der Waals surface area contributed by atoms with Crippen LogP contribution in [0.4, 0.5) is 11.4 Å². The number of carbonyl (C=O) groups excluding carboxylic acids is 2. The first kappa shape index (κ1) is 25.6. The Morgan fingerprint density at radius 1 is 0.971 bits per heavy atom. The molecule has 3 aromatic carbocycles. The van der Waals surface area contributed by atoms with Gasteiger partial charge in [-0.3, -0.25) is 9.10 Å². The number of hydrogen-bond acceptors (Lipinski definition) is 5. The third-order valence-electron chi connectivity index (χ3n) is 4.88. The first-order valence-corrected chi connectivity index (χ1v) is 12.4. The van der Waals surface area contributed by atoms with Crippen LogP contribution in [0.2, 0.25) is 10.0 Å². The van der Waals surface area contributed by atoms with Gasteiger partial charge in [0.05, 0.1) is 33.5 Å². The molecular formula is C24H22Cl2N2O5S. The second-order valence-corrected chi connectivity index (χ2v) is 9.85. The number of halogens is 2. The van der Waals surface area contributed by atoms with Crippen LogP contribution in [-0.4, -0.2) is 33.4 Å². The molecule has 0 aliphatic carbocycles. The van der Waals surface area contributed by atoms with Gasteiger partial charge in [-0.05, 0) is 61.9 Å². The fourth-order valence-electron chi connectivity index (χ4n) is 3.16. The van der Waals surface area contributed by atoms with E-state index in [2.05, 4.69) is 5.32 Å². The number of esters is 1. The van der Waals surface area contributed by atoms with Gasteiger partial charge in [0.2, 0.25) is 5.91 Å². The maximum atomic E-state index is 13.5. The average Bonchev–Trinajstić information content (AvgIpc) is 2.81. The highest BCUT2D eigenvalue weighted by atomic mass is 35.5. The van der Waals surface area contributed by atoms with Gasteiger partial charge in [-0.1, -0.05) is 47.5 Å². The SMILES string of the molecule is CCOC(=O)c1ccc(NC(=O)CN(c2cccc(Cl)c2C)S(=O)(=O)c2ccccc2)c(Cl)c1. The minimum absolute atomic E-state index is 0.0268. The Balaban J connectivity index is 1.92. The quantitative estimate of drug-likeness (QED) is 0.406. The number of hydrogen-bond donors (Lipinski definition) is 1. The molecule has 0 unspecified atom stereocenters. The zero-order valence-corrected chi connectivity index (χ0v) is 20.7. The van der Waals surface area contributed by atoms with E-state index in [1.165, 1.54) is 30.3 Å². The lowest BCUT2D eigenvalue weighted by Crippen LogP contribution is -2.38. The molecule has 0 fully saturated rings. The lowest BCUT2D eigenvalue weighted by molar-refractivity contribution is -0.114. The van der Waals surface area contributed by atoms with Crippen molar-refractivity contribution in [2.45, 2.75) is 18.7 Å². The molecule has 1 N–H and O–H groups in total. The van der Waals surface area contributed by atoms with Crippen LogP contribution in [0.3, 0.4) is 0 Å². The lowest BCUT2D eigenvalue weighted by Gasteiger charge is -2.26. The number of carbonyl (C=O) groups is 2. The van der Waals surface area contributed by atoms with Crippen LogP contribution in [0, 0.1) is 6.92 Å². The second kappa shape index (κ2) is 10.9. The van der Waals surface area contributed by atoms with Crippen LogP contribution < -0.4 is 9.62 Å². The number of rotatable bonds is 8. The Kier molecular flexibility index (Phi) is 8.19. The maximum Gasteiger partial charge on any atom is 0.338 e. The molecular weight excluding hydrogens is 499 g/mol. The Hall–Kier alpha value is -3.07. The van der Waals surface area contributed by atoms with Crippen molar-refractivity contribution >= 4 is 56.5 Å². The number of nitrogens with one attached hydrogen (secondary N) is 1. The summed E-state index contributed by atoms with van der Waals surface area (Å²) in [6.45, 7) is 3.04. The molecule has 0 aromatic heterocycles. The summed E-state index contributed by atoms with van der Waals surface area (Å²) in [4.78, 5) is 24.9. The van der Waals surface area contributed by atoms with Gasteiger partial charge in [-0.15, -0.1) is 0 Å². The Morgan fingerprint density at radius 3 is 2.32 bits per heavy atom. The highest BCUT2D eigenvalue weighted by Gasteiger charge is 2.29. The zero-order valence-electron chi connectivity index (χ0n) is 18.4. The van der Waals surface area contributed by atoms with Crippen LogP contribution in [-0.2, 0) is 19.6 Å². The van der Waals surface area contributed by atoms with Crippen molar-refractivity contribution in [1.29, 1.82) is 0 Å². The molecule has 3 rings (SSSR count). The van der Waals surface area contributed by atoms with E-state index in [0.29, 0.717) is 10.6 Å². The Bertz CT molecular complexity index is 1310. The molecule has 34 heavy (non-hydrogen) atoms. The monoisotopic (exact) mass is 520 g/mol. The largest absolute Gasteiger partial charge is 0.462 e. The van der Waals surface area contributed by atoms with Gasteiger partial charge in [-0.25, -0.2) is 13.2 Å².